The van der Waals surface area contributed by atoms with Crippen molar-refractivity contribution in [3.8, 4) is 67.5 Å². The molecule has 0 unspecified atom stereocenters. The first-order valence-electron chi connectivity index (χ1n) is 17.8. The highest BCUT2D eigenvalue weighted by molar-refractivity contribution is 6.06. The number of benzene rings is 8. The Hall–Kier alpha value is -7.17. The molecule has 8 aromatic carbocycles. The van der Waals surface area contributed by atoms with Crippen molar-refractivity contribution in [3.05, 3.63) is 188 Å². The van der Waals surface area contributed by atoms with Gasteiger partial charge in [-0.2, -0.15) is 0 Å². The third kappa shape index (κ3) is 5.73. The minimum Gasteiger partial charge on any atom is -0.456 e. The molecule has 0 aliphatic rings. The Morgan fingerprint density at radius 3 is 1.72 bits per heavy atom. The Bertz CT molecular complexity index is 2950. The lowest BCUT2D eigenvalue weighted by Crippen LogP contribution is -2.01. The average molecular weight is 678 g/mol. The average Bonchev–Trinajstić information content (AvgIpc) is 3.62. The van der Waals surface area contributed by atoms with Crippen LogP contribution in [0.25, 0.3) is 100 Å². The molecule has 0 aliphatic carbocycles. The van der Waals surface area contributed by atoms with Crippen LogP contribution >= 0.6 is 0 Å². The molecule has 0 amide bonds. The van der Waals surface area contributed by atoms with Gasteiger partial charge in [0.2, 0.25) is 0 Å². The number of rotatable bonds is 6. The molecule has 0 radical (unpaired) electrons. The smallest absolute Gasteiger partial charge is 0.164 e. The number of aromatic nitrogens is 3. The van der Waals surface area contributed by atoms with Crippen LogP contribution < -0.4 is 0 Å². The molecule has 0 saturated heterocycles. The van der Waals surface area contributed by atoms with E-state index in [0.29, 0.717) is 17.5 Å². The zero-order valence-electron chi connectivity index (χ0n) is 28.6. The SMILES string of the molecule is c1ccc(-c2cccc(-c3nc(-c4ccc(-c5ccc6ccccc6c5)cc4)nc(-c4ccccc4-c4ccc5c(c4)oc4ccccc45)n3)c2)cc1. The molecule has 0 saturated carbocycles. The summed E-state index contributed by atoms with van der Waals surface area (Å²) in [4.78, 5) is 15.4. The van der Waals surface area contributed by atoms with Crippen molar-refractivity contribution < 1.29 is 4.42 Å². The topological polar surface area (TPSA) is 51.8 Å². The highest BCUT2D eigenvalue weighted by Crippen LogP contribution is 2.37. The van der Waals surface area contributed by atoms with Crippen LogP contribution in [0.1, 0.15) is 0 Å². The first kappa shape index (κ1) is 30.6. The van der Waals surface area contributed by atoms with Crippen LogP contribution in [-0.2, 0) is 0 Å². The Morgan fingerprint density at radius 2 is 0.849 bits per heavy atom. The molecule has 10 aromatic rings. The lowest BCUT2D eigenvalue weighted by atomic mass is 9.97. The summed E-state index contributed by atoms with van der Waals surface area (Å²) >= 11 is 0. The van der Waals surface area contributed by atoms with E-state index in [1.54, 1.807) is 0 Å². The van der Waals surface area contributed by atoms with Gasteiger partial charge in [0.05, 0.1) is 0 Å². The molecule has 0 atom stereocenters. The number of hydrogen-bond acceptors (Lipinski definition) is 4. The van der Waals surface area contributed by atoms with Gasteiger partial charge in [0.25, 0.3) is 0 Å². The summed E-state index contributed by atoms with van der Waals surface area (Å²) in [6.07, 6.45) is 0. The maximum absolute atomic E-state index is 6.28. The van der Waals surface area contributed by atoms with Gasteiger partial charge in [-0.15, -0.1) is 0 Å². The molecule has 4 heteroatoms. The van der Waals surface area contributed by atoms with E-state index in [2.05, 4.69) is 158 Å². The van der Waals surface area contributed by atoms with Crippen LogP contribution in [0.3, 0.4) is 0 Å². The molecule has 2 heterocycles. The molecule has 0 fully saturated rings. The van der Waals surface area contributed by atoms with Crippen LogP contribution in [0.2, 0.25) is 0 Å². The zero-order chi connectivity index (χ0) is 35.1. The van der Waals surface area contributed by atoms with Crippen LogP contribution in [0.4, 0.5) is 0 Å². The van der Waals surface area contributed by atoms with Gasteiger partial charge >= 0.3 is 0 Å². The fourth-order valence-electron chi connectivity index (χ4n) is 7.23. The minimum atomic E-state index is 0.606. The van der Waals surface area contributed by atoms with Crippen molar-refractivity contribution in [2.45, 2.75) is 0 Å². The molecule has 53 heavy (non-hydrogen) atoms. The van der Waals surface area contributed by atoms with Gasteiger partial charge in [0.15, 0.2) is 17.5 Å². The van der Waals surface area contributed by atoms with Gasteiger partial charge in [-0.3, -0.25) is 0 Å². The maximum atomic E-state index is 6.28. The number of furan rings is 1. The van der Waals surface area contributed by atoms with Gasteiger partial charge in [-0.1, -0.05) is 158 Å². The van der Waals surface area contributed by atoms with Crippen molar-refractivity contribution in [2.75, 3.05) is 0 Å². The molecule has 10 rings (SSSR count). The predicted molar refractivity (Wildman–Crippen MR) is 217 cm³/mol. The second-order valence-corrected chi connectivity index (χ2v) is 13.2. The molecule has 0 aliphatic heterocycles. The Kier molecular flexibility index (Phi) is 7.43. The van der Waals surface area contributed by atoms with E-state index in [-0.39, 0.29) is 0 Å². The third-order valence-electron chi connectivity index (χ3n) is 9.95. The molecule has 0 spiro atoms. The fraction of sp³-hybridized carbons (Fsp3) is 0. The molecule has 0 bridgehead atoms. The maximum Gasteiger partial charge on any atom is 0.164 e. The lowest BCUT2D eigenvalue weighted by Gasteiger charge is -2.13. The van der Waals surface area contributed by atoms with E-state index in [1.165, 1.54) is 16.3 Å². The summed E-state index contributed by atoms with van der Waals surface area (Å²) in [5, 5.41) is 4.65. The summed E-state index contributed by atoms with van der Waals surface area (Å²) in [7, 11) is 0. The second kappa shape index (κ2) is 12.9. The molecule has 4 nitrogen and oxygen atoms in total. The van der Waals surface area contributed by atoms with E-state index in [9.17, 15) is 0 Å². The second-order valence-electron chi connectivity index (χ2n) is 13.2. The lowest BCUT2D eigenvalue weighted by molar-refractivity contribution is 0.669. The Balaban J connectivity index is 1.11. The van der Waals surface area contributed by atoms with Crippen molar-refractivity contribution in [1.82, 2.24) is 15.0 Å². The first-order chi connectivity index (χ1) is 26.2. The highest BCUT2D eigenvalue weighted by atomic mass is 16.3. The monoisotopic (exact) mass is 677 g/mol. The van der Waals surface area contributed by atoms with E-state index < -0.39 is 0 Å². The molecule has 0 N–H and O–H groups in total. The molecular formula is C49H31N3O. The molecule has 2 aromatic heterocycles. The summed E-state index contributed by atoms with van der Waals surface area (Å²) in [5.74, 6) is 1.83. The summed E-state index contributed by atoms with van der Waals surface area (Å²) in [5.41, 5.74) is 11.1. The highest BCUT2D eigenvalue weighted by Gasteiger charge is 2.17. The van der Waals surface area contributed by atoms with E-state index in [0.717, 1.165) is 66.4 Å². The normalized spacial score (nSPS) is 11.4. The van der Waals surface area contributed by atoms with Gasteiger partial charge in [-0.05, 0) is 74.5 Å². The largest absolute Gasteiger partial charge is 0.456 e. The standard InChI is InChI=1S/C49H31N3O/c1-2-11-32(12-3-1)37-15-10-16-40(30-37)48-50-47(35-24-21-34(22-25-35)38-26-23-33-13-4-5-14-36(33)29-38)51-49(52-48)44-19-7-6-17-41(44)39-27-28-43-42-18-8-9-20-45(42)53-46(43)31-39/h1-31H. The quantitative estimate of drug-likeness (QED) is 0.176. The Labute approximate surface area is 306 Å². The van der Waals surface area contributed by atoms with Crippen LogP contribution in [0.5, 0.6) is 0 Å². The van der Waals surface area contributed by atoms with E-state index in [1.807, 2.05) is 30.3 Å². The predicted octanol–water partition coefficient (Wildman–Crippen LogP) is 12.9. The summed E-state index contributed by atoms with van der Waals surface area (Å²) in [6, 6.07) is 65.2. The van der Waals surface area contributed by atoms with Crippen molar-refractivity contribution in [1.29, 1.82) is 0 Å². The van der Waals surface area contributed by atoms with E-state index in [4.69, 9.17) is 19.4 Å². The number of nitrogens with zero attached hydrogens (tertiary/aromatic N) is 3. The summed E-state index contributed by atoms with van der Waals surface area (Å²) in [6.45, 7) is 0. The van der Waals surface area contributed by atoms with E-state index >= 15 is 0 Å². The molecule has 248 valence electrons. The van der Waals surface area contributed by atoms with Gasteiger partial charge < -0.3 is 4.42 Å². The van der Waals surface area contributed by atoms with Gasteiger partial charge in [-0.25, -0.2) is 15.0 Å². The van der Waals surface area contributed by atoms with Crippen LogP contribution in [0, 0.1) is 0 Å². The fourth-order valence-corrected chi connectivity index (χ4v) is 7.23. The van der Waals surface area contributed by atoms with Crippen LogP contribution in [-0.4, -0.2) is 15.0 Å². The first-order valence-corrected chi connectivity index (χ1v) is 17.8. The summed E-state index contributed by atoms with van der Waals surface area (Å²) < 4.78 is 6.28. The number of para-hydroxylation sites is 1. The van der Waals surface area contributed by atoms with Gasteiger partial charge in [0.1, 0.15) is 11.2 Å². The molecular weight excluding hydrogens is 647 g/mol. The zero-order valence-corrected chi connectivity index (χ0v) is 28.6. The number of hydrogen-bond donors (Lipinski definition) is 0. The third-order valence-corrected chi connectivity index (χ3v) is 9.95. The number of fused-ring (bicyclic) bond motifs is 4. The van der Waals surface area contributed by atoms with Crippen LogP contribution in [0.15, 0.2) is 192 Å². The van der Waals surface area contributed by atoms with Crippen molar-refractivity contribution >= 4 is 32.7 Å². The van der Waals surface area contributed by atoms with Crippen molar-refractivity contribution in [3.63, 3.8) is 0 Å². The van der Waals surface area contributed by atoms with Gasteiger partial charge in [0, 0.05) is 27.5 Å². The minimum absolute atomic E-state index is 0.606. The Morgan fingerprint density at radius 1 is 0.283 bits per heavy atom. The van der Waals surface area contributed by atoms with Crippen molar-refractivity contribution in [2.24, 2.45) is 0 Å².